The second kappa shape index (κ2) is 6.54. The zero-order chi connectivity index (χ0) is 19.0. The largest absolute Gasteiger partial charge is 0.465 e. The average molecular weight is 364 g/mol. The summed E-state index contributed by atoms with van der Waals surface area (Å²) in [4.78, 5) is 37.9. The van der Waals surface area contributed by atoms with Crippen LogP contribution in [0.3, 0.4) is 0 Å². The Labute approximate surface area is 156 Å². The maximum absolute atomic E-state index is 13.5. The van der Waals surface area contributed by atoms with Crippen molar-refractivity contribution in [1.29, 1.82) is 0 Å². The molecule has 1 fully saturated rings. The number of carboxylic acid groups (broad SMARTS) is 1. The van der Waals surface area contributed by atoms with E-state index in [9.17, 15) is 19.5 Å². The van der Waals surface area contributed by atoms with Crippen LogP contribution in [0.15, 0.2) is 48.5 Å². The number of ketones is 1. The molecule has 2 aromatic rings. The van der Waals surface area contributed by atoms with Crippen molar-refractivity contribution in [2.24, 2.45) is 5.41 Å². The predicted molar refractivity (Wildman–Crippen MR) is 99.9 cm³/mol. The van der Waals surface area contributed by atoms with Crippen LogP contribution in [0.25, 0.3) is 0 Å². The van der Waals surface area contributed by atoms with E-state index in [1.807, 2.05) is 30.3 Å². The number of Topliss-reactive ketones (excluding diaryl/α,β-unsaturated/α-hetero) is 1. The van der Waals surface area contributed by atoms with Gasteiger partial charge in [-0.15, -0.1) is 0 Å². The van der Waals surface area contributed by atoms with Crippen LogP contribution in [0.1, 0.15) is 27.9 Å². The Balaban J connectivity index is 1.68. The lowest BCUT2D eigenvalue weighted by atomic mass is 9.74. The van der Waals surface area contributed by atoms with Crippen LogP contribution >= 0.6 is 0 Å². The minimum absolute atomic E-state index is 0.0581. The topological polar surface area (TPSA) is 86.7 Å². The molecule has 1 saturated heterocycles. The molecule has 0 radical (unpaired) electrons. The van der Waals surface area contributed by atoms with Gasteiger partial charge in [0.25, 0.3) is 0 Å². The Morgan fingerprint density at radius 2 is 1.93 bits per heavy atom. The van der Waals surface area contributed by atoms with Crippen molar-refractivity contribution in [3.05, 3.63) is 65.2 Å². The lowest BCUT2D eigenvalue weighted by Crippen LogP contribution is -2.38. The van der Waals surface area contributed by atoms with Crippen LogP contribution < -0.4 is 5.32 Å². The highest BCUT2D eigenvalue weighted by Gasteiger charge is 2.46. The smallest absolute Gasteiger partial charge is 0.407 e. The minimum atomic E-state index is -0.999. The van der Waals surface area contributed by atoms with E-state index in [4.69, 9.17) is 0 Å². The number of benzene rings is 2. The number of likely N-dealkylation sites (tertiary alicyclic amines) is 1. The van der Waals surface area contributed by atoms with E-state index in [1.54, 1.807) is 18.2 Å². The zero-order valence-corrected chi connectivity index (χ0v) is 14.8. The van der Waals surface area contributed by atoms with Crippen molar-refractivity contribution in [3.63, 3.8) is 0 Å². The van der Waals surface area contributed by atoms with Gasteiger partial charge in [0.15, 0.2) is 5.78 Å². The van der Waals surface area contributed by atoms with Gasteiger partial charge in [0.05, 0.1) is 11.8 Å². The SMILES string of the molecule is O=C1Cc2cc(C(=O)C3(Cc4ccccc4)CCN(C(=O)O)C3)ccc2N1. The number of hydrogen-bond donors (Lipinski definition) is 2. The highest BCUT2D eigenvalue weighted by Crippen LogP contribution is 2.38. The molecule has 6 nitrogen and oxygen atoms in total. The van der Waals surface area contributed by atoms with Crippen molar-refractivity contribution in [3.8, 4) is 0 Å². The minimum Gasteiger partial charge on any atom is -0.465 e. The quantitative estimate of drug-likeness (QED) is 0.817. The van der Waals surface area contributed by atoms with E-state index in [1.165, 1.54) is 4.90 Å². The number of nitrogens with zero attached hydrogens (tertiary/aromatic N) is 1. The number of amides is 2. The molecule has 138 valence electrons. The first-order valence-corrected chi connectivity index (χ1v) is 8.96. The fraction of sp³-hybridized carbons (Fsp3) is 0.286. The molecule has 0 spiro atoms. The second-order valence-electron chi connectivity index (χ2n) is 7.32. The van der Waals surface area contributed by atoms with Gasteiger partial charge >= 0.3 is 6.09 Å². The van der Waals surface area contributed by atoms with Gasteiger partial charge < -0.3 is 15.3 Å². The Morgan fingerprint density at radius 3 is 2.63 bits per heavy atom. The van der Waals surface area contributed by atoms with Crippen LogP contribution in [0, 0.1) is 5.41 Å². The summed E-state index contributed by atoms with van der Waals surface area (Å²) in [5, 5.41) is 12.2. The molecule has 1 unspecified atom stereocenters. The summed E-state index contributed by atoms with van der Waals surface area (Å²) in [6, 6.07) is 14.9. The Hall–Kier alpha value is -3.15. The highest BCUT2D eigenvalue weighted by molar-refractivity contribution is 6.04. The van der Waals surface area contributed by atoms with E-state index in [0.717, 1.165) is 16.8 Å². The molecule has 27 heavy (non-hydrogen) atoms. The van der Waals surface area contributed by atoms with Gasteiger partial charge in [0, 0.05) is 24.3 Å². The zero-order valence-electron chi connectivity index (χ0n) is 14.8. The van der Waals surface area contributed by atoms with Gasteiger partial charge in [0.1, 0.15) is 0 Å². The van der Waals surface area contributed by atoms with Gasteiger partial charge in [-0.3, -0.25) is 9.59 Å². The molecule has 0 aliphatic carbocycles. The molecule has 6 heteroatoms. The third kappa shape index (κ3) is 3.18. The number of carbonyl (C=O) groups is 3. The first kappa shape index (κ1) is 17.3. The van der Waals surface area contributed by atoms with E-state index in [-0.39, 0.29) is 24.7 Å². The predicted octanol–water partition coefficient (Wildman–Crippen LogP) is 2.98. The van der Waals surface area contributed by atoms with E-state index < -0.39 is 11.5 Å². The maximum atomic E-state index is 13.5. The number of anilines is 1. The third-order valence-corrected chi connectivity index (χ3v) is 5.48. The Bertz CT molecular complexity index is 925. The van der Waals surface area contributed by atoms with Gasteiger partial charge in [-0.05, 0) is 42.2 Å². The van der Waals surface area contributed by atoms with Crippen LogP contribution in [0.4, 0.5) is 10.5 Å². The van der Waals surface area contributed by atoms with Gasteiger partial charge in [-0.1, -0.05) is 30.3 Å². The highest BCUT2D eigenvalue weighted by atomic mass is 16.4. The summed E-state index contributed by atoms with van der Waals surface area (Å²) in [6.45, 7) is 0.531. The van der Waals surface area contributed by atoms with Crippen molar-refractivity contribution < 1.29 is 19.5 Å². The summed E-state index contributed by atoms with van der Waals surface area (Å²) in [5.41, 5.74) is 2.31. The van der Waals surface area contributed by atoms with Crippen LogP contribution in [0.5, 0.6) is 0 Å². The molecule has 4 rings (SSSR count). The molecule has 1 atom stereocenters. The average Bonchev–Trinajstić information content (AvgIpc) is 3.25. The second-order valence-corrected chi connectivity index (χ2v) is 7.32. The molecule has 2 heterocycles. The van der Waals surface area contributed by atoms with Crippen molar-refractivity contribution in [2.45, 2.75) is 19.3 Å². The molecule has 0 aromatic heterocycles. The van der Waals surface area contributed by atoms with Crippen molar-refractivity contribution in [2.75, 3.05) is 18.4 Å². The lowest BCUT2D eigenvalue weighted by molar-refractivity contribution is -0.115. The summed E-state index contributed by atoms with van der Waals surface area (Å²) < 4.78 is 0. The number of fused-ring (bicyclic) bond motifs is 1. The summed E-state index contributed by atoms with van der Waals surface area (Å²) in [7, 11) is 0. The Morgan fingerprint density at radius 1 is 1.15 bits per heavy atom. The lowest BCUT2D eigenvalue weighted by Gasteiger charge is -2.28. The van der Waals surface area contributed by atoms with Crippen molar-refractivity contribution >= 4 is 23.5 Å². The van der Waals surface area contributed by atoms with E-state index in [2.05, 4.69) is 5.32 Å². The number of rotatable bonds is 4. The molecule has 2 aromatic carbocycles. The molecule has 0 bridgehead atoms. The van der Waals surface area contributed by atoms with Crippen molar-refractivity contribution in [1.82, 2.24) is 4.90 Å². The molecule has 0 saturated carbocycles. The molecule has 2 N–H and O–H groups in total. The number of hydrogen-bond acceptors (Lipinski definition) is 3. The normalized spacial score (nSPS) is 21.0. The summed E-state index contributed by atoms with van der Waals surface area (Å²) in [6.07, 6.45) is 0.247. The molecule has 2 aliphatic rings. The monoisotopic (exact) mass is 364 g/mol. The van der Waals surface area contributed by atoms with Gasteiger partial charge in [-0.25, -0.2) is 4.79 Å². The maximum Gasteiger partial charge on any atom is 0.407 e. The number of carbonyl (C=O) groups excluding carboxylic acids is 2. The number of nitrogens with one attached hydrogen (secondary N) is 1. The van der Waals surface area contributed by atoms with Gasteiger partial charge in [-0.2, -0.15) is 0 Å². The molecular formula is C21H20N2O4. The van der Waals surface area contributed by atoms with Crippen LogP contribution in [0.2, 0.25) is 0 Å². The van der Waals surface area contributed by atoms with Crippen LogP contribution in [-0.2, 0) is 17.6 Å². The van der Waals surface area contributed by atoms with E-state index in [0.29, 0.717) is 24.9 Å². The van der Waals surface area contributed by atoms with Crippen LogP contribution in [-0.4, -0.2) is 40.9 Å². The summed E-state index contributed by atoms with van der Waals surface area (Å²) >= 11 is 0. The Kier molecular flexibility index (Phi) is 4.18. The fourth-order valence-corrected chi connectivity index (χ4v) is 4.11. The third-order valence-electron chi connectivity index (χ3n) is 5.48. The fourth-order valence-electron chi connectivity index (χ4n) is 4.11. The summed E-state index contributed by atoms with van der Waals surface area (Å²) in [5.74, 6) is -0.135. The first-order valence-electron chi connectivity index (χ1n) is 8.96. The van der Waals surface area contributed by atoms with E-state index >= 15 is 0 Å². The molecule has 2 aliphatic heterocycles. The standard InChI is InChI=1S/C21H20N2O4/c24-18-11-16-10-15(6-7-17(16)22-18)19(25)21(8-9-23(13-21)20(26)27)12-14-4-2-1-3-5-14/h1-7,10H,8-9,11-13H2,(H,22,24)(H,26,27). The van der Waals surface area contributed by atoms with Gasteiger partial charge in [0.2, 0.25) is 5.91 Å². The molecule has 2 amide bonds. The first-order chi connectivity index (χ1) is 13.0. The molecular weight excluding hydrogens is 344 g/mol.